The lowest BCUT2D eigenvalue weighted by molar-refractivity contribution is 0.369. The van der Waals surface area contributed by atoms with Crippen molar-refractivity contribution < 1.29 is 0 Å². The van der Waals surface area contributed by atoms with Crippen LogP contribution in [0.2, 0.25) is 17.1 Å². The third-order valence-corrected chi connectivity index (χ3v) is 12.7. The summed E-state index contributed by atoms with van der Waals surface area (Å²) >= 11 is 7.39. The quantitative estimate of drug-likeness (QED) is 0.310. The number of hydrogen-bond acceptors (Lipinski definition) is 0. The highest BCUT2D eigenvalue weighted by molar-refractivity contribution is 7.22. The summed E-state index contributed by atoms with van der Waals surface area (Å²) in [5.41, 5.74) is 0. The molecule has 1 aliphatic rings. The van der Waals surface area contributed by atoms with Crippen molar-refractivity contribution in [3.8, 4) is 0 Å². The van der Waals surface area contributed by atoms with E-state index in [9.17, 15) is 0 Å². The van der Waals surface area contributed by atoms with Gasteiger partial charge in [-0.1, -0.05) is 72.1 Å². The van der Waals surface area contributed by atoms with Crippen molar-refractivity contribution in [3.63, 3.8) is 0 Å². The lowest BCUT2D eigenvalue weighted by Gasteiger charge is -2.49. The minimum absolute atomic E-state index is 0.591. The highest BCUT2D eigenvalue weighted by Crippen LogP contribution is 2.60. The second-order valence-corrected chi connectivity index (χ2v) is 12.9. The van der Waals surface area contributed by atoms with Crippen LogP contribution >= 0.6 is 11.1 Å². The molecule has 0 saturated carbocycles. The van der Waals surface area contributed by atoms with E-state index in [0.29, 0.717) is 5.04 Å². The lowest BCUT2D eigenvalue weighted by atomic mass is 9.89. The molecule has 114 valence electrons. The largest absolute Gasteiger partial charge is 0.166 e. The first kappa shape index (κ1) is 17.6. The van der Waals surface area contributed by atoms with Crippen LogP contribution in [0.15, 0.2) is 0 Å². The van der Waals surface area contributed by atoms with Crippen molar-refractivity contribution in [1.82, 2.24) is 0 Å². The molecule has 1 fully saturated rings. The van der Waals surface area contributed by atoms with Crippen LogP contribution in [0.4, 0.5) is 0 Å². The lowest BCUT2D eigenvalue weighted by Crippen LogP contribution is -2.45. The van der Waals surface area contributed by atoms with Crippen LogP contribution in [0.1, 0.15) is 91.4 Å². The molecule has 0 aromatic heterocycles. The standard InChI is InChI=1S/C17H35ClSi/c1-4-7-12-17(13-8-5-2)14-10-11-16-19(17,18)15-9-6-3/h4-16H2,1-3H3. The van der Waals surface area contributed by atoms with Crippen molar-refractivity contribution in [2.45, 2.75) is 109 Å². The average Bonchev–Trinajstić information content (AvgIpc) is 2.43. The fraction of sp³-hybridized carbons (Fsp3) is 1.00. The maximum atomic E-state index is 7.39. The molecule has 0 aromatic carbocycles. The van der Waals surface area contributed by atoms with Crippen LogP contribution in [0.3, 0.4) is 0 Å². The second-order valence-electron chi connectivity index (χ2n) is 6.76. The maximum Gasteiger partial charge on any atom is 0.162 e. The normalized spacial score (nSPS) is 26.5. The van der Waals surface area contributed by atoms with Gasteiger partial charge in [0.25, 0.3) is 0 Å². The fourth-order valence-corrected chi connectivity index (χ4v) is 10.6. The zero-order chi connectivity index (χ0) is 14.2. The SMILES string of the molecule is CCCCC1(CCCC)CCCC[Si]1(Cl)CCCC. The summed E-state index contributed by atoms with van der Waals surface area (Å²) in [6.45, 7) is 6.98. The minimum Gasteiger partial charge on any atom is -0.166 e. The fourth-order valence-electron chi connectivity index (χ4n) is 4.06. The summed E-state index contributed by atoms with van der Waals surface area (Å²) in [5.74, 6) is 0. The van der Waals surface area contributed by atoms with Gasteiger partial charge in [-0.05, 0) is 36.4 Å². The van der Waals surface area contributed by atoms with E-state index in [4.69, 9.17) is 11.1 Å². The molecule has 1 unspecified atom stereocenters. The topological polar surface area (TPSA) is 0 Å². The van der Waals surface area contributed by atoms with E-state index in [1.54, 1.807) is 0 Å². The van der Waals surface area contributed by atoms with Crippen LogP contribution in [0, 0.1) is 0 Å². The molecule has 1 rings (SSSR count). The van der Waals surface area contributed by atoms with Gasteiger partial charge in [0.05, 0.1) is 0 Å². The van der Waals surface area contributed by atoms with Crippen LogP contribution in [0.25, 0.3) is 0 Å². The Kier molecular flexibility index (Phi) is 8.06. The summed E-state index contributed by atoms with van der Waals surface area (Å²) in [6, 6.07) is 2.79. The van der Waals surface area contributed by atoms with E-state index in [0.717, 1.165) is 0 Å². The summed E-state index contributed by atoms with van der Waals surface area (Å²) in [6.07, 6.45) is 15.3. The number of rotatable bonds is 9. The minimum atomic E-state index is -1.54. The average molecular weight is 303 g/mol. The predicted octanol–water partition coefficient (Wildman–Crippen LogP) is 7.28. The molecular weight excluding hydrogens is 268 g/mol. The van der Waals surface area contributed by atoms with Gasteiger partial charge in [-0.3, -0.25) is 0 Å². The zero-order valence-corrected chi connectivity index (χ0v) is 15.3. The molecule has 1 heterocycles. The molecule has 0 amide bonds. The summed E-state index contributed by atoms with van der Waals surface area (Å²) < 4.78 is 0. The van der Waals surface area contributed by atoms with E-state index in [2.05, 4.69) is 20.8 Å². The van der Waals surface area contributed by atoms with Gasteiger partial charge in [0.2, 0.25) is 0 Å². The summed E-state index contributed by atoms with van der Waals surface area (Å²) in [7, 11) is -1.54. The molecule has 0 N–H and O–H groups in total. The Labute approximate surface area is 127 Å². The maximum absolute atomic E-state index is 7.39. The molecule has 0 aliphatic carbocycles. The molecule has 2 heteroatoms. The molecule has 0 aromatic rings. The Morgan fingerprint density at radius 2 is 1.47 bits per heavy atom. The van der Waals surface area contributed by atoms with E-state index >= 15 is 0 Å². The Morgan fingerprint density at radius 1 is 0.895 bits per heavy atom. The molecule has 0 nitrogen and oxygen atoms in total. The highest BCUT2D eigenvalue weighted by Gasteiger charge is 2.51. The van der Waals surface area contributed by atoms with Crippen LogP contribution < -0.4 is 0 Å². The monoisotopic (exact) mass is 302 g/mol. The van der Waals surface area contributed by atoms with Crippen molar-refractivity contribution in [2.75, 3.05) is 0 Å². The van der Waals surface area contributed by atoms with Gasteiger partial charge < -0.3 is 0 Å². The third-order valence-electron chi connectivity index (χ3n) is 5.37. The predicted molar refractivity (Wildman–Crippen MR) is 91.7 cm³/mol. The third kappa shape index (κ3) is 4.49. The van der Waals surface area contributed by atoms with Crippen molar-refractivity contribution in [3.05, 3.63) is 0 Å². The first-order chi connectivity index (χ1) is 9.14. The molecule has 0 spiro atoms. The molecule has 1 saturated heterocycles. The molecule has 1 atom stereocenters. The Morgan fingerprint density at radius 3 is 2.00 bits per heavy atom. The molecule has 1 aliphatic heterocycles. The van der Waals surface area contributed by atoms with E-state index in [-0.39, 0.29) is 0 Å². The van der Waals surface area contributed by atoms with E-state index < -0.39 is 7.38 Å². The van der Waals surface area contributed by atoms with Crippen LogP contribution in [0.5, 0.6) is 0 Å². The van der Waals surface area contributed by atoms with Gasteiger partial charge in [-0.25, -0.2) is 0 Å². The van der Waals surface area contributed by atoms with Gasteiger partial charge in [-0.15, -0.1) is 0 Å². The number of hydrogen-bond donors (Lipinski definition) is 0. The highest BCUT2D eigenvalue weighted by atomic mass is 35.6. The van der Waals surface area contributed by atoms with Crippen LogP contribution in [-0.4, -0.2) is 7.38 Å². The van der Waals surface area contributed by atoms with Crippen molar-refractivity contribution >= 4 is 18.5 Å². The molecule has 19 heavy (non-hydrogen) atoms. The zero-order valence-electron chi connectivity index (χ0n) is 13.6. The van der Waals surface area contributed by atoms with Crippen molar-refractivity contribution in [1.29, 1.82) is 0 Å². The molecular formula is C17H35ClSi. The number of unbranched alkanes of at least 4 members (excludes halogenated alkanes) is 3. The summed E-state index contributed by atoms with van der Waals surface area (Å²) in [4.78, 5) is 0. The Bertz CT molecular complexity index is 233. The Hall–Kier alpha value is 0.507. The van der Waals surface area contributed by atoms with Gasteiger partial charge >= 0.3 is 0 Å². The first-order valence-corrected chi connectivity index (χ1v) is 12.3. The molecule has 0 radical (unpaired) electrons. The van der Waals surface area contributed by atoms with Crippen molar-refractivity contribution in [2.24, 2.45) is 0 Å². The van der Waals surface area contributed by atoms with Gasteiger partial charge in [0.1, 0.15) is 0 Å². The first-order valence-electron chi connectivity index (χ1n) is 8.83. The van der Waals surface area contributed by atoms with Crippen LogP contribution in [-0.2, 0) is 0 Å². The van der Waals surface area contributed by atoms with Gasteiger partial charge in [0, 0.05) is 0 Å². The Balaban J connectivity index is 2.84. The number of halogens is 1. The molecule has 0 bridgehead atoms. The summed E-state index contributed by atoms with van der Waals surface area (Å²) in [5, 5.41) is 0.591. The van der Waals surface area contributed by atoms with Gasteiger partial charge in [0.15, 0.2) is 7.38 Å². The van der Waals surface area contributed by atoms with Gasteiger partial charge in [-0.2, -0.15) is 11.1 Å². The van der Waals surface area contributed by atoms with E-state index in [1.165, 1.54) is 82.7 Å². The second kappa shape index (κ2) is 8.72. The smallest absolute Gasteiger partial charge is 0.162 e. The van der Waals surface area contributed by atoms with E-state index in [1.807, 2.05) is 0 Å².